The molecule has 1 aliphatic heterocycles. The van der Waals surface area contributed by atoms with E-state index in [-0.39, 0.29) is 12.5 Å². The van der Waals surface area contributed by atoms with Gasteiger partial charge in [-0.2, -0.15) is 0 Å². The Hall–Kier alpha value is -0.810. The van der Waals surface area contributed by atoms with Crippen LogP contribution in [0.5, 0.6) is 0 Å². The summed E-state index contributed by atoms with van der Waals surface area (Å²) in [5.74, 6) is -0.146. The second-order valence-corrected chi connectivity index (χ2v) is 15.1. The smallest absolute Gasteiger partial charge is 0.220 e. The number of hydrogen-bond donors (Lipinski definition) is 6. The second kappa shape index (κ2) is 32.8. The van der Waals surface area contributed by atoms with Gasteiger partial charge in [-0.1, -0.05) is 181 Å². The van der Waals surface area contributed by atoms with Crippen LogP contribution in [0.4, 0.5) is 0 Å². The second-order valence-electron chi connectivity index (χ2n) is 15.1. The first kappa shape index (κ1) is 47.2. The zero-order valence-corrected chi connectivity index (χ0v) is 32.4. The van der Waals surface area contributed by atoms with Crippen molar-refractivity contribution < 1.29 is 39.8 Å². The van der Waals surface area contributed by atoms with Crippen LogP contribution in [0, 0.1) is 0 Å². The average Bonchev–Trinajstić information content (AvgIpc) is 3.11. The van der Waals surface area contributed by atoms with E-state index in [1.54, 1.807) is 0 Å². The first-order valence-corrected chi connectivity index (χ1v) is 21.2. The fourth-order valence-corrected chi connectivity index (χ4v) is 6.98. The van der Waals surface area contributed by atoms with Gasteiger partial charge < -0.3 is 40.3 Å². The summed E-state index contributed by atoms with van der Waals surface area (Å²) < 4.78 is 11.2. The van der Waals surface area contributed by atoms with Crippen LogP contribution in [0.3, 0.4) is 0 Å². The van der Waals surface area contributed by atoms with Crippen LogP contribution in [-0.4, -0.2) is 87.5 Å². The molecule has 9 heteroatoms. The normalized spacial score (nSPS) is 22.1. The van der Waals surface area contributed by atoms with E-state index >= 15 is 0 Å². The van der Waals surface area contributed by atoms with Crippen molar-refractivity contribution in [1.82, 2.24) is 5.32 Å². The number of carbonyl (C=O) groups excluding carboxylic acids is 1. The molecule has 0 saturated carbocycles. The van der Waals surface area contributed by atoms with Crippen LogP contribution in [0.25, 0.3) is 0 Å². The van der Waals surface area contributed by atoms with Gasteiger partial charge in [-0.15, -0.1) is 0 Å². The van der Waals surface area contributed by atoms with Crippen LogP contribution >= 0.6 is 0 Å². The molecule has 1 rings (SSSR count). The van der Waals surface area contributed by atoms with E-state index in [9.17, 15) is 30.3 Å². The molecule has 0 aromatic rings. The van der Waals surface area contributed by atoms with E-state index in [4.69, 9.17) is 9.47 Å². The van der Waals surface area contributed by atoms with Crippen LogP contribution in [-0.2, 0) is 14.3 Å². The Morgan fingerprint density at radius 1 is 0.600 bits per heavy atom. The molecule has 0 bridgehead atoms. The van der Waals surface area contributed by atoms with Crippen molar-refractivity contribution in [2.45, 2.75) is 243 Å². The highest BCUT2D eigenvalue weighted by Gasteiger charge is 2.44. The fourth-order valence-electron chi connectivity index (χ4n) is 6.98. The van der Waals surface area contributed by atoms with Crippen molar-refractivity contribution >= 4 is 5.91 Å². The molecular weight excluding hydrogens is 634 g/mol. The molecule has 0 aromatic carbocycles. The number of nitrogens with one attached hydrogen (secondary N) is 1. The molecule has 1 aliphatic rings. The monoisotopic (exact) mass is 716 g/mol. The molecule has 0 aliphatic carbocycles. The number of aliphatic hydroxyl groups excluding tert-OH is 5. The van der Waals surface area contributed by atoms with Gasteiger partial charge in [0.1, 0.15) is 24.4 Å². The van der Waals surface area contributed by atoms with Gasteiger partial charge in [-0.25, -0.2) is 0 Å². The number of hydrogen-bond acceptors (Lipinski definition) is 8. The van der Waals surface area contributed by atoms with E-state index in [1.165, 1.54) is 135 Å². The van der Waals surface area contributed by atoms with E-state index in [0.29, 0.717) is 12.8 Å². The quantitative estimate of drug-likeness (QED) is 0.0362. The van der Waals surface area contributed by atoms with Gasteiger partial charge in [0.2, 0.25) is 5.91 Å². The van der Waals surface area contributed by atoms with Crippen molar-refractivity contribution in [2.75, 3.05) is 13.2 Å². The minimum Gasteiger partial charge on any atom is -0.394 e. The zero-order chi connectivity index (χ0) is 36.7. The molecule has 0 radical (unpaired) electrons. The van der Waals surface area contributed by atoms with Gasteiger partial charge in [-0.05, 0) is 12.8 Å². The standard InChI is InChI=1S/C41H81NO8/c1-3-5-7-9-11-13-14-15-16-17-18-19-20-21-23-24-26-28-30-35(44)34(33-49-41-40(48)39(47)38(46)36(32-43)50-41)42-37(45)31-29-27-25-22-12-10-8-6-4-2/h34-36,38-41,43-44,46-48H,3-33H2,1-2H3,(H,42,45). The maximum atomic E-state index is 12.9. The van der Waals surface area contributed by atoms with Gasteiger partial charge >= 0.3 is 0 Å². The highest BCUT2D eigenvalue weighted by atomic mass is 16.7. The molecule has 0 spiro atoms. The van der Waals surface area contributed by atoms with E-state index in [2.05, 4.69) is 19.2 Å². The van der Waals surface area contributed by atoms with Crippen LogP contribution < -0.4 is 5.32 Å². The number of ether oxygens (including phenoxy) is 2. The Morgan fingerprint density at radius 2 is 1.00 bits per heavy atom. The molecule has 7 atom stereocenters. The highest BCUT2D eigenvalue weighted by Crippen LogP contribution is 2.23. The SMILES string of the molecule is CCCCCCCCCCCCCCCCCCCCC(O)C(COC1OC(CO)C(O)C(O)C1O)NC(=O)CCCCCCCCCCC. The summed E-state index contributed by atoms with van der Waals surface area (Å²) in [6.45, 7) is 3.81. The Labute approximate surface area is 306 Å². The van der Waals surface area contributed by atoms with Crippen molar-refractivity contribution in [1.29, 1.82) is 0 Å². The van der Waals surface area contributed by atoms with E-state index < -0.39 is 49.5 Å². The lowest BCUT2D eigenvalue weighted by molar-refractivity contribution is -0.302. The summed E-state index contributed by atoms with van der Waals surface area (Å²) >= 11 is 0. The molecule has 298 valence electrons. The molecule has 50 heavy (non-hydrogen) atoms. The molecular formula is C41H81NO8. The van der Waals surface area contributed by atoms with Crippen LogP contribution in [0.15, 0.2) is 0 Å². The van der Waals surface area contributed by atoms with Crippen molar-refractivity contribution in [2.24, 2.45) is 0 Å². The topological polar surface area (TPSA) is 149 Å². The molecule has 0 aromatic heterocycles. The Kier molecular flexibility index (Phi) is 31.0. The number of aliphatic hydroxyl groups is 5. The van der Waals surface area contributed by atoms with Gasteiger partial charge in [-0.3, -0.25) is 4.79 Å². The van der Waals surface area contributed by atoms with Gasteiger partial charge in [0.25, 0.3) is 0 Å². The summed E-state index contributed by atoms with van der Waals surface area (Å²) in [7, 11) is 0. The molecule has 1 heterocycles. The largest absolute Gasteiger partial charge is 0.394 e. The third-order valence-corrected chi connectivity index (χ3v) is 10.5. The molecule has 7 unspecified atom stereocenters. The lowest BCUT2D eigenvalue weighted by Gasteiger charge is -2.40. The number of unbranched alkanes of at least 4 members (excludes halogenated alkanes) is 25. The van der Waals surface area contributed by atoms with Crippen LogP contribution in [0.2, 0.25) is 0 Å². The summed E-state index contributed by atoms with van der Waals surface area (Å²) in [5.41, 5.74) is 0. The number of rotatable bonds is 35. The van der Waals surface area contributed by atoms with Gasteiger partial charge in [0, 0.05) is 6.42 Å². The third-order valence-electron chi connectivity index (χ3n) is 10.5. The third kappa shape index (κ3) is 23.7. The Balaban J connectivity index is 2.32. The van der Waals surface area contributed by atoms with Crippen molar-refractivity contribution in [3.63, 3.8) is 0 Å². The van der Waals surface area contributed by atoms with E-state index in [0.717, 1.165) is 38.5 Å². The van der Waals surface area contributed by atoms with Crippen molar-refractivity contribution in [3.8, 4) is 0 Å². The highest BCUT2D eigenvalue weighted by molar-refractivity contribution is 5.76. The first-order chi connectivity index (χ1) is 24.3. The predicted molar refractivity (Wildman–Crippen MR) is 203 cm³/mol. The summed E-state index contributed by atoms with van der Waals surface area (Å²) in [6.07, 6.45) is 26.9. The fraction of sp³-hybridized carbons (Fsp3) is 0.976. The van der Waals surface area contributed by atoms with E-state index in [1.807, 2.05) is 0 Å². The summed E-state index contributed by atoms with van der Waals surface area (Å²) in [6, 6.07) is -0.709. The lowest BCUT2D eigenvalue weighted by atomic mass is 9.99. The minimum absolute atomic E-state index is 0.133. The van der Waals surface area contributed by atoms with Crippen molar-refractivity contribution in [3.05, 3.63) is 0 Å². The molecule has 9 nitrogen and oxygen atoms in total. The van der Waals surface area contributed by atoms with Gasteiger partial charge in [0.15, 0.2) is 6.29 Å². The van der Waals surface area contributed by atoms with Crippen LogP contribution in [0.1, 0.15) is 200 Å². The first-order valence-electron chi connectivity index (χ1n) is 21.2. The minimum atomic E-state index is -1.55. The Bertz CT molecular complexity index is 756. The maximum Gasteiger partial charge on any atom is 0.220 e. The summed E-state index contributed by atoms with van der Waals surface area (Å²) in [4.78, 5) is 12.9. The number of amides is 1. The zero-order valence-electron chi connectivity index (χ0n) is 32.4. The van der Waals surface area contributed by atoms with Gasteiger partial charge in [0.05, 0.1) is 25.4 Å². The Morgan fingerprint density at radius 3 is 1.42 bits per heavy atom. The summed E-state index contributed by atoms with van der Waals surface area (Å²) in [5, 5.41) is 54.1. The predicted octanol–water partition coefficient (Wildman–Crippen LogP) is 8.00. The maximum absolute atomic E-state index is 12.9. The molecule has 1 saturated heterocycles. The average molecular weight is 716 g/mol. The molecule has 6 N–H and O–H groups in total. The number of carbonyl (C=O) groups is 1. The lowest BCUT2D eigenvalue weighted by Crippen LogP contribution is -2.60. The molecule has 1 fully saturated rings. The molecule has 1 amide bonds.